The second kappa shape index (κ2) is 7.50. The highest BCUT2D eigenvalue weighted by Gasteiger charge is 2.22. The minimum Gasteiger partial charge on any atom is -0.457 e. The third-order valence-corrected chi connectivity index (χ3v) is 5.05. The maximum Gasteiger partial charge on any atom is 0.253 e. The van der Waals surface area contributed by atoms with Gasteiger partial charge < -0.3 is 9.64 Å². The van der Waals surface area contributed by atoms with E-state index < -0.39 is 6.17 Å². The predicted octanol–water partition coefficient (Wildman–Crippen LogP) is 4.55. The van der Waals surface area contributed by atoms with Gasteiger partial charge in [-0.25, -0.2) is 14.1 Å². The lowest BCUT2D eigenvalue weighted by Crippen LogP contribution is -2.35. The highest BCUT2D eigenvalue weighted by atomic mass is 19.1. The van der Waals surface area contributed by atoms with Crippen molar-refractivity contribution in [1.82, 2.24) is 19.7 Å². The van der Waals surface area contributed by atoms with Crippen LogP contribution in [-0.4, -0.2) is 39.0 Å². The zero-order chi connectivity index (χ0) is 19.6. The summed E-state index contributed by atoms with van der Waals surface area (Å²) in [7, 11) is 0. The standard InChI is InChI=1S/C22H20FN5O/c23-16-9-13-27(14-10-16)21-19-8-7-18(29-17-5-2-1-3-6-17)15-20(19)25-22(26-21)28-12-4-11-24-28/h1-8,11-12,15-16H,9-10,13-14H2. The number of rotatable bonds is 4. The molecule has 0 saturated carbocycles. The number of piperidine rings is 1. The number of para-hydroxylation sites is 1. The largest absolute Gasteiger partial charge is 0.457 e. The van der Waals surface area contributed by atoms with Crippen LogP contribution >= 0.6 is 0 Å². The molecule has 6 nitrogen and oxygen atoms in total. The number of anilines is 1. The summed E-state index contributed by atoms with van der Waals surface area (Å²) in [5.41, 5.74) is 0.760. The monoisotopic (exact) mass is 389 g/mol. The van der Waals surface area contributed by atoms with E-state index in [1.807, 2.05) is 60.8 Å². The van der Waals surface area contributed by atoms with Crippen LogP contribution in [0.25, 0.3) is 16.9 Å². The molecule has 0 atom stereocenters. The Morgan fingerprint density at radius 3 is 2.52 bits per heavy atom. The molecule has 2 aromatic carbocycles. The Bertz CT molecular complexity index is 1110. The molecule has 29 heavy (non-hydrogen) atoms. The first-order chi connectivity index (χ1) is 14.3. The molecule has 2 aromatic heterocycles. The first-order valence-electron chi connectivity index (χ1n) is 9.70. The smallest absolute Gasteiger partial charge is 0.253 e. The number of benzene rings is 2. The van der Waals surface area contributed by atoms with Crippen molar-refractivity contribution in [2.45, 2.75) is 19.0 Å². The van der Waals surface area contributed by atoms with E-state index in [9.17, 15) is 4.39 Å². The summed E-state index contributed by atoms with van der Waals surface area (Å²) in [6.07, 6.45) is 3.78. The fraction of sp³-hybridized carbons (Fsp3) is 0.227. The summed E-state index contributed by atoms with van der Waals surface area (Å²) in [6, 6.07) is 17.2. The minimum absolute atomic E-state index is 0.483. The molecular weight excluding hydrogens is 369 g/mol. The van der Waals surface area contributed by atoms with E-state index in [1.165, 1.54) is 0 Å². The third-order valence-electron chi connectivity index (χ3n) is 5.05. The zero-order valence-corrected chi connectivity index (χ0v) is 15.8. The van der Waals surface area contributed by atoms with Gasteiger partial charge in [0.15, 0.2) is 0 Å². The highest BCUT2D eigenvalue weighted by molar-refractivity contribution is 5.91. The van der Waals surface area contributed by atoms with E-state index in [2.05, 4.69) is 10.00 Å². The summed E-state index contributed by atoms with van der Waals surface area (Å²) < 4.78 is 21.3. The Kier molecular flexibility index (Phi) is 4.56. The molecule has 5 rings (SSSR count). The van der Waals surface area contributed by atoms with Gasteiger partial charge >= 0.3 is 0 Å². The molecule has 0 bridgehead atoms. The molecule has 1 aliphatic rings. The van der Waals surface area contributed by atoms with Crippen molar-refractivity contribution in [2.75, 3.05) is 18.0 Å². The second-order valence-corrected chi connectivity index (χ2v) is 7.05. The number of halogens is 1. The van der Waals surface area contributed by atoms with Crippen LogP contribution in [-0.2, 0) is 0 Å². The van der Waals surface area contributed by atoms with Crippen molar-refractivity contribution in [2.24, 2.45) is 0 Å². The quantitative estimate of drug-likeness (QED) is 0.513. The number of fused-ring (bicyclic) bond motifs is 1. The molecule has 3 heterocycles. The van der Waals surface area contributed by atoms with Crippen molar-refractivity contribution in [3.8, 4) is 17.4 Å². The van der Waals surface area contributed by atoms with Gasteiger partial charge in [0.05, 0.1) is 5.52 Å². The normalized spacial score (nSPS) is 15.0. The van der Waals surface area contributed by atoms with Crippen LogP contribution in [0.2, 0.25) is 0 Å². The summed E-state index contributed by atoms with van der Waals surface area (Å²) in [5, 5.41) is 5.18. The van der Waals surface area contributed by atoms with Crippen molar-refractivity contribution in [3.63, 3.8) is 0 Å². The molecule has 7 heteroatoms. The molecule has 0 amide bonds. The van der Waals surface area contributed by atoms with Gasteiger partial charge in [-0.3, -0.25) is 0 Å². The van der Waals surface area contributed by atoms with Crippen molar-refractivity contribution in [3.05, 3.63) is 67.0 Å². The lowest BCUT2D eigenvalue weighted by atomic mass is 10.1. The van der Waals surface area contributed by atoms with Crippen molar-refractivity contribution >= 4 is 16.7 Å². The number of aromatic nitrogens is 4. The van der Waals surface area contributed by atoms with Crippen LogP contribution < -0.4 is 9.64 Å². The zero-order valence-electron chi connectivity index (χ0n) is 15.8. The van der Waals surface area contributed by atoms with Gasteiger partial charge in [-0.1, -0.05) is 18.2 Å². The van der Waals surface area contributed by atoms with Gasteiger partial charge in [-0.05, 0) is 43.2 Å². The predicted molar refractivity (Wildman–Crippen MR) is 110 cm³/mol. The van der Waals surface area contributed by atoms with Gasteiger partial charge in [0.1, 0.15) is 23.5 Å². The Morgan fingerprint density at radius 1 is 0.931 bits per heavy atom. The van der Waals surface area contributed by atoms with Crippen LogP contribution in [0, 0.1) is 0 Å². The van der Waals surface area contributed by atoms with E-state index in [4.69, 9.17) is 14.7 Å². The molecule has 0 aliphatic carbocycles. The molecule has 1 aliphatic heterocycles. The maximum absolute atomic E-state index is 13.7. The number of hydrogen-bond acceptors (Lipinski definition) is 5. The Balaban J connectivity index is 1.58. The number of alkyl halides is 1. The Hall–Kier alpha value is -3.48. The molecule has 4 aromatic rings. The summed E-state index contributed by atoms with van der Waals surface area (Å²) >= 11 is 0. The van der Waals surface area contributed by atoms with Crippen molar-refractivity contribution < 1.29 is 9.13 Å². The Labute approximate surface area is 167 Å². The van der Waals surface area contributed by atoms with Crippen LogP contribution in [0.3, 0.4) is 0 Å². The van der Waals surface area contributed by atoms with E-state index in [1.54, 1.807) is 10.9 Å². The lowest BCUT2D eigenvalue weighted by molar-refractivity contribution is 0.277. The molecular formula is C22H20FN5O. The van der Waals surface area contributed by atoms with E-state index in [0.717, 1.165) is 22.5 Å². The van der Waals surface area contributed by atoms with Gasteiger partial charge in [-0.15, -0.1) is 0 Å². The van der Waals surface area contributed by atoms with Gasteiger partial charge in [0.25, 0.3) is 5.95 Å². The molecule has 1 fully saturated rings. The number of nitrogens with zero attached hydrogens (tertiary/aromatic N) is 5. The van der Waals surface area contributed by atoms with Crippen molar-refractivity contribution in [1.29, 1.82) is 0 Å². The lowest BCUT2D eigenvalue weighted by Gasteiger charge is -2.30. The topological polar surface area (TPSA) is 56.1 Å². The SMILES string of the molecule is FC1CCN(c2nc(-n3cccn3)nc3cc(Oc4ccccc4)ccc23)CC1. The van der Waals surface area contributed by atoms with E-state index in [-0.39, 0.29) is 0 Å². The molecule has 0 spiro atoms. The average Bonchev–Trinajstić information content (AvgIpc) is 3.29. The fourth-order valence-corrected chi connectivity index (χ4v) is 3.56. The van der Waals surface area contributed by atoms with Gasteiger partial charge in [-0.2, -0.15) is 10.1 Å². The van der Waals surface area contributed by atoms with Crippen LogP contribution in [0.15, 0.2) is 67.0 Å². The maximum atomic E-state index is 13.7. The summed E-state index contributed by atoms with van der Waals surface area (Å²) in [4.78, 5) is 11.6. The molecule has 0 unspecified atom stereocenters. The fourth-order valence-electron chi connectivity index (χ4n) is 3.56. The summed E-state index contributed by atoms with van der Waals surface area (Å²) in [5.74, 6) is 2.75. The van der Waals surface area contributed by atoms with E-state index >= 15 is 0 Å². The molecule has 1 saturated heterocycles. The first kappa shape index (κ1) is 17.6. The summed E-state index contributed by atoms with van der Waals surface area (Å²) in [6.45, 7) is 1.27. The Morgan fingerprint density at radius 2 is 1.76 bits per heavy atom. The molecule has 0 radical (unpaired) electrons. The molecule has 146 valence electrons. The first-order valence-corrected chi connectivity index (χ1v) is 9.70. The average molecular weight is 389 g/mol. The second-order valence-electron chi connectivity index (χ2n) is 7.05. The van der Waals surface area contributed by atoms with Gasteiger partial charge in [0, 0.05) is 36.9 Å². The minimum atomic E-state index is -0.740. The molecule has 0 N–H and O–H groups in total. The number of ether oxygens (including phenoxy) is 1. The van der Waals surface area contributed by atoms with Gasteiger partial charge in [0.2, 0.25) is 0 Å². The number of hydrogen-bond donors (Lipinski definition) is 0. The highest BCUT2D eigenvalue weighted by Crippen LogP contribution is 2.31. The van der Waals surface area contributed by atoms with Crippen LogP contribution in [0.1, 0.15) is 12.8 Å². The van der Waals surface area contributed by atoms with E-state index in [0.29, 0.717) is 37.6 Å². The van der Waals surface area contributed by atoms with Crippen LogP contribution in [0.4, 0.5) is 10.2 Å². The third kappa shape index (κ3) is 3.63. The van der Waals surface area contributed by atoms with Crippen LogP contribution in [0.5, 0.6) is 11.5 Å².